The minimum Gasteiger partial charge on any atom is -0.395 e. The summed E-state index contributed by atoms with van der Waals surface area (Å²) in [5.41, 5.74) is 6.86. The van der Waals surface area contributed by atoms with Crippen molar-refractivity contribution < 1.29 is 5.11 Å². The second-order valence-electron chi connectivity index (χ2n) is 3.13. The lowest BCUT2D eigenvalue weighted by Crippen LogP contribution is -2.39. The van der Waals surface area contributed by atoms with E-state index in [2.05, 4.69) is 21.2 Å². The summed E-state index contributed by atoms with van der Waals surface area (Å²) < 4.78 is 1.00. The van der Waals surface area contributed by atoms with Crippen LogP contribution in [0.5, 0.6) is 0 Å². The molecule has 0 fully saturated rings. The Labute approximate surface area is 92.4 Å². The molecule has 0 aliphatic heterocycles. The predicted molar refractivity (Wildman–Crippen MR) is 61.0 cm³/mol. The Morgan fingerprint density at radius 3 is 2.64 bits per heavy atom. The molecule has 4 heteroatoms. The SMILES string of the molecule is CNC(c1ccccc1Br)C(N)CO. The van der Waals surface area contributed by atoms with E-state index in [1.807, 2.05) is 31.3 Å². The normalized spacial score (nSPS) is 15.1. The number of rotatable bonds is 4. The van der Waals surface area contributed by atoms with Gasteiger partial charge in [-0.3, -0.25) is 0 Å². The van der Waals surface area contributed by atoms with Crippen LogP contribution in [-0.4, -0.2) is 24.8 Å². The first-order chi connectivity index (χ1) is 6.70. The highest BCUT2D eigenvalue weighted by molar-refractivity contribution is 9.10. The maximum atomic E-state index is 9.01. The molecule has 1 aromatic rings. The fraction of sp³-hybridized carbons (Fsp3) is 0.400. The second kappa shape index (κ2) is 5.46. The van der Waals surface area contributed by atoms with E-state index in [-0.39, 0.29) is 18.7 Å². The highest BCUT2D eigenvalue weighted by atomic mass is 79.9. The van der Waals surface area contributed by atoms with Gasteiger partial charge in [-0.1, -0.05) is 34.1 Å². The van der Waals surface area contributed by atoms with Gasteiger partial charge in [0, 0.05) is 10.5 Å². The van der Waals surface area contributed by atoms with E-state index in [1.54, 1.807) is 0 Å². The van der Waals surface area contributed by atoms with E-state index in [1.165, 1.54) is 0 Å². The van der Waals surface area contributed by atoms with Crippen LogP contribution in [0, 0.1) is 0 Å². The van der Waals surface area contributed by atoms with Crippen LogP contribution in [0.4, 0.5) is 0 Å². The van der Waals surface area contributed by atoms with E-state index < -0.39 is 0 Å². The molecule has 2 unspecified atom stereocenters. The first-order valence-electron chi connectivity index (χ1n) is 4.48. The van der Waals surface area contributed by atoms with Gasteiger partial charge >= 0.3 is 0 Å². The predicted octanol–water partition coefficient (Wildman–Crippen LogP) is 1.03. The van der Waals surface area contributed by atoms with Gasteiger partial charge in [0.05, 0.1) is 12.6 Å². The molecule has 0 bridgehead atoms. The van der Waals surface area contributed by atoms with Gasteiger partial charge in [0.15, 0.2) is 0 Å². The van der Waals surface area contributed by atoms with E-state index in [4.69, 9.17) is 10.8 Å². The summed E-state index contributed by atoms with van der Waals surface area (Å²) in [5.74, 6) is 0. The third-order valence-corrected chi connectivity index (χ3v) is 2.91. The molecule has 0 saturated carbocycles. The summed E-state index contributed by atoms with van der Waals surface area (Å²) in [6.07, 6.45) is 0. The topological polar surface area (TPSA) is 58.3 Å². The minimum absolute atomic E-state index is 0.0319. The number of benzene rings is 1. The van der Waals surface area contributed by atoms with Crippen LogP contribution in [0.15, 0.2) is 28.7 Å². The van der Waals surface area contributed by atoms with Crippen LogP contribution < -0.4 is 11.1 Å². The third kappa shape index (κ3) is 2.54. The first kappa shape index (κ1) is 11.7. The molecule has 0 aromatic heterocycles. The average molecular weight is 259 g/mol. The number of hydrogen-bond donors (Lipinski definition) is 3. The standard InChI is InChI=1S/C10H15BrN2O/c1-13-10(9(12)6-14)7-4-2-3-5-8(7)11/h2-5,9-10,13-14H,6,12H2,1H3. The quantitative estimate of drug-likeness (QED) is 0.757. The molecule has 0 aliphatic rings. The van der Waals surface area contributed by atoms with Crippen LogP contribution in [0.25, 0.3) is 0 Å². The highest BCUT2D eigenvalue weighted by Crippen LogP contribution is 2.24. The molecule has 3 nitrogen and oxygen atoms in total. The number of aliphatic hydroxyl groups excluding tert-OH is 1. The summed E-state index contributed by atoms with van der Waals surface area (Å²) in [4.78, 5) is 0. The number of nitrogens with one attached hydrogen (secondary N) is 1. The van der Waals surface area contributed by atoms with E-state index in [9.17, 15) is 0 Å². The Kier molecular flexibility index (Phi) is 4.54. The van der Waals surface area contributed by atoms with Crippen LogP contribution in [-0.2, 0) is 0 Å². The van der Waals surface area contributed by atoms with Gasteiger partial charge in [0.2, 0.25) is 0 Å². The van der Waals surface area contributed by atoms with Crippen molar-refractivity contribution in [3.63, 3.8) is 0 Å². The lowest BCUT2D eigenvalue weighted by molar-refractivity contribution is 0.240. The fourth-order valence-corrected chi connectivity index (χ4v) is 1.96. The maximum Gasteiger partial charge on any atom is 0.0601 e. The van der Waals surface area contributed by atoms with Crippen molar-refractivity contribution in [3.05, 3.63) is 34.3 Å². The Hall–Kier alpha value is -0.420. The summed E-state index contributed by atoms with van der Waals surface area (Å²) in [6.45, 7) is -0.0349. The van der Waals surface area contributed by atoms with Crippen molar-refractivity contribution in [1.29, 1.82) is 0 Å². The Bertz CT molecular complexity index is 293. The Morgan fingerprint density at radius 1 is 1.50 bits per heavy atom. The number of halogens is 1. The summed E-state index contributed by atoms with van der Waals surface area (Å²) in [7, 11) is 1.83. The number of aliphatic hydroxyl groups is 1. The number of likely N-dealkylation sites (N-methyl/N-ethyl adjacent to an activating group) is 1. The van der Waals surface area contributed by atoms with E-state index in [0.717, 1.165) is 10.0 Å². The molecule has 78 valence electrons. The zero-order valence-electron chi connectivity index (χ0n) is 8.07. The molecule has 0 spiro atoms. The van der Waals surface area contributed by atoms with Crippen LogP contribution in [0.2, 0.25) is 0 Å². The largest absolute Gasteiger partial charge is 0.395 e. The molecule has 1 rings (SSSR count). The molecule has 2 atom stereocenters. The molecule has 0 amide bonds. The van der Waals surface area contributed by atoms with Crippen molar-refractivity contribution in [2.45, 2.75) is 12.1 Å². The molecule has 0 aliphatic carbocycles. The number of nitrogens with two attached hydrogens (primary N) is 1. The second-order valence-corrected chi connectivity index (χ2v) is 3.99. The van der Waals surface area contributed by atoms with E-state index in [0.29, 0.717) is 0 Å². The molecule has 14 heavy (non-hydrogen) atoms. The van der Waals surface area contributed by atoms with Gasteiger partial charge < -0.3 is 16.2 Å². The van der Waals surface area contributed by atoms with Crippen LogP contribution >= 0.6 is 15.9 Å². The first-order valence-corrected chi connectivity index (χ1v) is 5.28. The van der Waals surface area contributed by atoms with Crippen molar-refractivity contribution in [3.8, 4) is 0 Å². The molecule has 1 aromatic carbocycles. The van der Waals surface area contributed by atoms with Crippen molar-refractivity contribution in [2.75, 3.05) is 13.7 Å². The molecule has 0 heterocycles. The van der Waals surface area contributed by atoms with Crippen molar-refractivity contribution >= 4 is 15.9 Å². The molecular weight excluding hydrogens is 244 g/mol. The van der Waals surface area contributed by atoms with Gasteiger partial charge in [0.25, 0.3) is 0 Å². The minimum atomic E-state index is -0.293. The lowest BCUT2D eigenvalue weighted by Gasteiger charge is -2.23. The zero-order valence-corrected chi connectivity index (χ0v) is 9.66. The van der Waals surface area contributed by atoms with Crippen molar-refractivity contribution in [2.24, 2.45) is 5.73 Å². The third-order valence-electron chi connectivity index (χ3n) is 2.19. The maximum absolute atomic E-state index is 9.01. The van der Waals surface area contributed by atoms with Gasteiger partial charge in [-0.25, -0.2) is 0 Å². The van der Waals surface area contributed by atoms with Gasteiger partial charge in [0.1, 0.15) is 0 Å². The van der Waals surface area contributed by atoms with Crippen LogP contribution in [0.1, 0.15) is 11.6 Å². The van der Waals surface area contributed by atoms with Gasteiger partial charge in [-0.05, 0) is 18.7 Å². The number of hydrogen-bond acceptors (Lipinski definition) is 3. The summed E-state index contributed by atoms with van der Waals surface area (Å²) in [6, 6.07) is 7.53. The Morgan fingerprint density at radius 2 is 2.14 bits per heavy atom. The summed E-state index contributed by atoms with van der Waals surface area (Å²) in [5, 5.41) is 12.1. The molecule has 0 saturated heterocycles. The smallest absolute Gasteiger partial charge is 0.0601 e. The average Bonchev–Trinajstić information content (AvgIpc) is 2.21. The Balaban J connectivity index is 2.94. The van der Waals surface area contributed by atoms with Gasteiger partial charge in [-0.2, -0.15) is 0 Å². The van der Waals surface area contributed by atoms with Crippen LogP contribution in [0.3, 0.4) is 0 Å². The molecule has 4 N–H and O–H groups in total. The molecular formula is C10H15BrN2O. The highest BCUT2D eigenvalue weighted by Gasteiger charge is 2.18. The monoisotopic (exact) mass is 258 g/mol. The molecule has 0 radical (unpaired) electrons. The zero-order chi connectivity index (χ0) is 10.6. The fourth-order valence-electron chi connectivity index (χ4n) is 1.43. The van der Waals surface area contributed by atoms with Crippen molar-refractivity contribution in [1.82, 2.24) is 5.32 Å². The lowest BCUT2D eigenvalue weighted by atomic mass is 10.0. The summed E-state index contributed by atoms with van der Waals surface area (Å²) >= 11 is 3.46. The van der Waals surface area contributed by atoms with E-state index >= 15 is 0 Å². The van der Waals surface area contributed by atoms with Gasteiger partial charge in [-0.15, -0.1) is 0 Å².